The van der Waals surface area contributed by atoms with Crippen LogP contribution >= 0.6 is 0 Å². The van der Waals surface area contributed by atoms with Crippen molar-refractivity contribution in [1.82, 2.24) is 19.8 Å². The highest BCUT2D eigenvalue weighted by molar-refractivity contribution is 6.04. The van der Waals surface area contributed by atoms with Gasteiger partial charge in [-0.2, -0.15) is 5.26 Å². The lowest BCUT2D eigenvalue weighted by atomic mass is 9.93. The first-order valence-electron chi connectivity index (χ1n) is 15.3. The first-order chi connectivity index (χ1) is 21.2. The van der Waals surface area contributed by atoms with Gasteiger partial charge in [0.05, 0.1) is 12.5 Å². The zero-order valence-corrected chi connectivity index (χ0v) is 25.8. The summed E-state index contributed by atoms with van der Waals surface area (Å²) in [5.41, 5.74) is 4.05. The number of aromatic amines is 1. The van der Waals surface area contributed by atoms with Gasteiger partial charge in [0, 0.05) is 54.5 Å². The number of aryl methyl sites for hydroxylation is 3. The van der Waals surface area contributed by atoms with Crippen LogP contribution < -0.4 is 15.6 Å². The number of hydrogen-bond donors (Lipinski definition) is 2. The second-order valence-electron chi connectivity index (χ2n) is 11.5. The molecule has 2 amide bonds. The standard InChI is InChI=1S/C35H39N5O4/c1-5-37-33(41)29-20-27-28(21-39(4)35(43)31(27)38-29)26-16-15-24(19-30(26)44-32-22(2)11-9-12-23(32)3)34(42)40(18-10-17-36)25-13-7-6-8-14-25/h9,11-12,15-16,19-21,25,38H,5-8,10,13-14,18H2,1-4H3,(H,37,41). The van der Waals surface area contributed by atoms with Gasteiger partial charge in [-0.25, -0.2) is 0 Å². The summed E-state index contributed by atoms with van der Waals surface area (Å²) in [6.45, 7) is 6.61. The number of aromatic nitrogens is 2. The van der Waals surface area contributed by atoms with E-state index in [0.29, 0.717) is 52.2 Å². The van der Waals surface area contributed by atoms with Crippen LogP contribution in [0.25, 0.3) is 22.0 Å². The van der Waals surface area contributed by atoms with E-state index >= 15 is 0 Å². The summed E-state index contributed by atoms with van der Waals surface area (Å²) in [5, 5.41) is 12.7. The minimum absolute atomic E-state index is 0.100. The molecule has 0 aliphatic heterocycles. The molecule has 2 aromatic heterocycles. The molecule has 2 N–H and O–H groups in total. The lowest BCUT2D eigenvalue weighted by Gasteiger charge is -2.34. The maximum absolute atomic E-state index is 14.1. The van der Waals surface area contributed by atoms with Crippen molar-refractivity contribution in [2.24, 2.45) is 7.05 Å². The molecule has 5 rings (SSSR count). The number of para-hydroxylation sites is 1. The molecule has 0 radical (unpaired) electrons. The van der Waals surface area contributed by atoms with E-state index in [4.69, 9.17) is 4.74 Å². The largest absolute Gasteiger partial charge is 0.456 e. The molecule has 0 atom stereocenters. The molecule has 2 aromatic carbocycles. The summed E-state index contributed by atoms with van der Waals surface area (Å²) in [6.07, 6.45) is 7.15. The third-order valence-electron chi connectivity index (χ3n) is 8.43. The van der Waals surface area contributed by atoms with Crippen LogP contribution in [0.5, 0.6) is 11.5 Å². The molecular formula is C35H39N5O4. The van der Waals surface area contributed by atoms with Gasteiger partial charge in [-0.15, -0.1) is 0 Å². The summed E-state index contributed by atoms with van der Waals surface area (Å²) in [4.78, 5) is 44.7. The molecule has 1 aliphatic carbocycles. The van der Waals surface area contributed by atoms with Gasteiger partial charge < -0.3 is 24.5 Å². The number of H-pyrrole nitrogens is 1. The Morgan fingerprint density at radius 3 is 2.50 bits per heavy atom. The Balaban J connectivity index is 1.67. The molecule has 1 saturated carbocycles. The average molecular weight is 594 g/mol. The number of nitrogens with one attached hydrogen (secondary N) is 2. The van der Waals surface area contributed by atoms with Crippen LogP contribution in [0, 0.1) is 25.2 Å². The average Bonchev–Trinajstić information content (AvgIpc) is 3.48. The van der Waals surface area contributed by atoms with Crippen molar-refractivity contribution in [3.63, 3.8) is 0 Å². The van der Waals surface area contributed by atoms with E-state index in [-0.39, 0.29) is 35.5 Å². The Morgan fingerprint density at radius 2 is 1.82 bits per heavy atom. The molecule has 44 heavy (non-hydrogen) atoms. The van der Waals surface area contributed by atoms with Gasteiger partial charge in [0.25, 0.3) is 17.4 Å². The molecule has 228 valence electrons. The van der Waals surface area contributed by atoms with E-state index < -0.39 is 0 Å². The van der Waals surface area contributed by atoms with Gasteiger partial charge in [0.1, 0.15) is 22.7 Å². The summed E-state index contributed by atoms with van der Waals surface area (Å²) >= 11 is 0. The topological polar surface area (TPSA) is 120 Å². The van der Waals surface area contributed by atoms with Gasteiger partial charge in [0.15, 0.2) is 0 Å². The fraction of sp³-hybridized carbons (Fsp3) is 0.371. The number of fused-ring (bicyclic) bond motifs is 1. The van der Waals surface area contributed by atoms with E-state index in [9.17, 15) is 19.6 Å². The number of hydrogen-bond acceptors (Lipinski definition) is 5. The number of pyridine rings is 1. The highest BCUT2D eigenvalue weighted by atomic mass is 16.5. The highest BCUT2D eigenvalue weighted by Crippen LogP contribution is 2.39. The molecule has 9 heteroatoms. The maximum Gasteiger partial charge on any atom is 0.274 e. The number of ether oxygens (including phenoxy) is 1. The van der Waals surface area contributed by atoms with E-state index in [1.807, 2.05) is 49.9 Å². The van der Waals surface area contributed by atoms with Crippen molar-refractivity contribution >= 4 is 22.7 Å². The van der Waals surface area contributed by atoms with Crippen molar-refractivity contribution in [1.29, 1.82) is 5.26 Å². The lowest BCUT2D eigenvalue weighted by Crippen LogP contribution is -2.42. The molecule has 0 unspecified atom stereocenters. The van der Waals surface area contributed by atoms with E-state index in [1.165, 1.54) is 4.57 Å². The van der Waals surface area contributed by atoms with Crippen LogP contribution in [0.2, 0.25) is 0 Å². The number of nitriles is 1. The summed E-state index contributed by atoms with van der Waals surface area (Å²) in [5.74, 6) is 0.712. The monoisotopic (exact) mass is 593 g/mol. The molecule has 1 fully saturated rings. The van der Waals surface area contributed by atoms with Crippen LogP contribution in [0.1, 0.15) is 77.4 Å². The highest BCUT2D eigenvalue weighted by Gasteiger charge is 2.27. The number of carbonyl (C=O) groups excluding carboxylic acids is 2. The SMILES string of the molecule is CCNC(=O)c1cc2c(-c3ccc(C(=O)N(CCC#N)C4CCCCC4)cc3Oc3c(C)cccc3C)cn(C)c(=O)c2[nH]1. The normalized spacial score (nSPS) is 13.4. The second-order valence-corrected chi connectivity index (χ2v) is 11.5. The smallest absolute Gasteiger partial charge is 0.274 e. The molecule has 2 heterocycles. The minimum Gasteiger partial charge on any atom is -0.456 e. The number of benzene rings is 2. The minimum atomic E-state index is -0.301. The fourth-order valence-corrected chi connectivity index (χ4v) is 6.14. The van der Waals surface area contributed by atoms with Gasteiger partial charge in [-0.1, -0.05) is 37.5 Å². The summed E-state index contributed by atoms with van der Waals surface area (Å²) in [6, 6.07) is 15.3. The van der Waals surface area contributed by atoms with Gasteiger partial charge in [-0.3, -0.25) is 14.4 Å². The van der Waals surface area contributed by atoms with Crippen molar-refractivity contribution < 1.29 is 14.3 Å². The molecule has 1 aliphatic rings. The Hall–Kier alpha value is -4.84. The molecule has 9 nitrogen and oxygen atoms in total. The first kappa shape index (κ1) is 30.6. The van der Waals surface area contributed by atoms with Crippen molar-refractivity contribution in [3.8, 4) is 28.7 Å². The summed E-state index contributed by atoms with van der Waals surface area (Å²) in [7, 11) is 1.67. The molecule has 4 aromatic rings. The van der Waals surface area contributed by atoms with Gasteiger partial charge >= 0.3 is 0 Å². The van der Waals surface area contributed by atoms with E-state index in [0.717, 1.165) is 43.2 Å². The quantitative estimate of drug-likeness (QED) is 0.233. The summed E-state index contributed by atoms with van der Waals surface area (Å²) < 4.78 is 8.11. The Labute approximate surface area is 257 Å². The van der Waals surface area contributed by atoms with Crippen molar-refractivity contribution in [3.05, 3.63) is 81.4 Å². The zero-order chi connectivity index (χ0) is 31.4. The third kappa shape index (κ3) is 6.11. The van der Waals surface area contributed by atoms with E-state index in [1.54, 1.807) is 31.4 Å². The van der Waals surface area contributed by atoms with Crippen molar-refractivity contribution in [2.75, 3.05) is 13.1 Å². The second kappa shape index (κ2) is 13.2. The number of rotatable bonds is 9. The van der Waals surface area contributed by atoms with Crippen LogP contribution in [0.15, 0.2) is 53.5 Å². The Kier molecular flexibility index (Phi) is 9.19. The van der Waals surface area contributed by atoms with Crippen LogP contribution in [-0.2, 0) is 7.05 Å². The molecule has 0 bridgehead atoms. The first-order valence-corrected chi connectivity index (χ1v) is 15.3. The lowest BCUT2D eigenvalue weighted by molar-refractivity contribution is 0.0639. The molecule has 0 spiro atoms. The number of nitrogens with zero attached hydrogens (tertiary/aromatic N) is 3. The Morgan fingerprint density at radius 1 is 1.09 bits per heavy atom. The Bertz CT molecular complexity index is 1790. The van der Waals surface area contributed by atoms with Crippen LogP contribution in [-0.4, -0.2) is 45.4 Å². The van der Waals surface area contributed by atoms with Crippen molar-refractivity contribution in [2.45, 2.75) is 65.3 Å². The van der Waals surface area contributed by atoms with Gasteiger partial charge in [-0.05, 0) is 69.0 Å². The predicted octanol–water partition coefficient (Wildman–Crippen LogP) is 6.38. The van der Waals surface area contributed by atoms with E-state index in [2.05, 4.69) is 16.4 Å². The number of amides is 2. The number of carbonyl (C=O) groups is 2. The molecular weight excluding hydrogens is 554 g/mol. The maximum atomic E-state index is 14.1. The van der Waals surface area contributed by atoms with Crippen LogP contribution in [0.3, 0.4) is 0 Å². The molecule has 0 saturated heterocycles. The zero-order valence-electron chi connectivity index (χ0n) is 25.8. The fourth-order valence-electron chi connectivity index (χ4n) is 6.14. The third-order valence-corrected chi connectivity index (χ3v) is 8.43. The van der Waals surface area contributed by atoms with Crippen LogP contribution in [0.4, 0.5) is 0 Å². The predicted molar refractivity (Wildman–Crippen MR) is 171 cm³/mol. The van der Waals surface area contributed by atoms with Gasteiger partial charge in [0.2, 0.25) is 0 Å².